The molecule has 0 spiro atoms. The fourth-order valence-corrected chi connectivity index (χ4v) is 1.39. The van der Waals surface area contributed by atoms with Crippen LogP contribution in [0, 0.1) is 10.1 Å². The van der Waals surface area contributed by atoms with Gasteiger partial charge in [0.15, 0.2) is 5.75 Å². The molecule has 1 rings (SSSR count). The molecule has 1 unspecified atom stereocenters. The fraction of sp³-hybridized carbons (Fsp3) is 0.143. The lowest BCUT2D eigenvalue weighted by Gasteiger charge is -2.04. The third-order valence-electron chi connectivity index (χ3n) is 1.52. The largest absolute Gasteiger partial charge is 0.772 e. The minimum Gasteiger partial charge on any atom is -0.772 e. The number of nitro groups is 1. The first kappa shape index (κ1) is 10.6. The van der Waals surface area contributed by atoms with Gasteiger partial charge in [0.2, 0.25) is 0 Å². The van der Waals surface area contributed by atoms with Crippen LogP contribution in [0.2, 0.25) is 0 Å². The minimum atomic E-state index is -2.30. The molecular formula is C7H6NO5S-. The van der Waals surface area contributed by atoms with Crippen molar-refractivity contribution in [1.29, 1.82) is 0 Å². The van der Waals surface area contributed by atoms with Crippen LogP contribution < -0.4 is 0 Å². The maximum atomic E-state index is 10.4. The Morgan fingerprint density at radius 3 is 2.64 bits per heavy atom. The molecule has 0 aliphatic carbocycles. The van der Waals surface area contributed by atoms with Gasteiger partial charge in [-0.2, -0.15) is 0 Å². The number of phenols is 1. The number of hydrogen-bond donors (Lipinski definition) is 1. The van der Waals surface area contributed by atoms with E-state index in [1.807, 2.05) is 0 Å². The van der Waals surface area contributed by atoms with Gasteiger partial charge >= 0.3 is 5.69 Å². The van der Waals surface area contributed by atoms with Crippen LogP contribution in [0.25, 0.3) is 0 Å². The van der Waals surface area contributed by atoms with Gasteiger partial charge in [-0.15, -0.1) is 0 Å². The van der Waals surface area contributed by atoms with E-state index in [-0.39, 0.29) is 11.3 Å². The second kappa shape index (κ2) is 4.16. The molecule has 0 saturated heterocycles. The number of nitro benzene ring substituents is 1. The fourth-order valence-electron chi connectivity index (χ4n) is 0.941. The predicted molar refractivity (Wildman–Crippen MR) is 47.4 cm³/mol. The van der Waals surface area contributed by atoms with Crippen molar-refractivity contribution in [1.82, 2.24) is 0 Å². The zero-order chi connectivity index (χ0) is 10.7. The summed E-state index contributed by atoms with van der Waals surface area (Å²) in [6, 6.07) is 3.45. The van der Waals surface area contributed by atoms with E-state index in [9.17, 15) is 18.9 Å². The molecule has 7 heteroatoms. The van der Waals surface area contributed by atoms with Crippen LogP contribution in [0.4, 0.5) is 5.69 Å². The van der Waals surface area contributed by atoms with Gasteiger partial charge in [0.05, 0.1) is 4.92 Å². The van der Waals surface area contributed by atoms with Crippen molar-refractivity contribution in [2.75, 3.05) is 0 Å². The lowest BCUT2D eigenvalue weighted by atomic mass is 10.2. The number of hydrogen-bond acceptors (Lipinski definition) is 5. The second-order valence-corrected chi connectivity index (χ2v) is 3.42. The highest BCUT2D eigenvalue weighted by Gasteiger charge is 2.13. The number of phenolic OH excluding ortho intramolecular Hbond substituents is 1. The van der Waals surface area contributed by atoms with Gasteiger partial charge in [-0.3, -0.25) is 14.3 Å². The van der Waals surface area contributed by atoms with Gasteiger partial charge in [0.1, 0.15) is 0 Å². The van der Waals surface area contributed by atoms with Crippen LogP contribution in [-0.4, -0.2) is 18.8 Å². The molecule has 1 aromatic carbocycles. The van der Waals surface area contributed by atoms with E-state index in [0.717, 1.165) is 12.1 Å². The van der Waals surface area contributed by atoms with Crippen LogP contribution in [0.15, 0.2) is 18.2 Å². The summed E-state index contributed by atoms with van der Waals surface area (Å²) in [7, 11) is 0. The number of nitrogens with zero attached hydrogens (tertiary/aromatic N) is 1. The number of rotatable bonds is 3. The normalized spacial score (nSPS) is 12.4. The van der Waals surface area contributed by atoms with Crippen molar-refractivity contribution < 1.29 is 18.8 Å². The molecule has 76 valence electrons. The second-order valence-electron chi connectivity index (χ2n) is 2.53. The summed E-state index contributed by atoms with van der Waals surface area (Å²) in [5.74, 6) is -0.781. The molecule has 1 aromatic rings. The lowest BCUT2D eigenvalue weighted by Crippen LogP contribution is -1.95. The van der Waals surface area contributed by atoms with Gasteiger partial charge in [-0.1, -0.05) is 17.1 Å². The molecular weight excluding hydrogens is 210 g/mol. The van der Waals surface area contributed by atoms with E-state index >= 15 is 0 Å². The Balaban J connectivity index is 3.06. The summed E-state index contributed by atoms with van der Waals surface area (Å²) in [6.07, 6.45) is 0. The maximum absolute atomic E-state index is 10.4. The van der Waals surface area contributed by atoms with Crippen molar-refractivity contribution in [2.45, 2.75) is 5.75 Å². The van der Waals surface area contributed by atoms with E-state index in [2.05, 4.69) is 0 Å². The zero-order valence-electron chi connectivity index (χ0n) is 6.87. The predicted octanol–water partition coefficient (Wildman–Crippen LogP) is 0.679. The van der Waals surface area contributed by atoms with E-state index in [4.69, 9.17) is 5.11 Å². The Morgan fingerprint density at radius 1 is 1.50 bits per heavy atom. The summed E-state index contributed by atoms with van der Waals surface area (Å²) in [5, 5.41) is 19.4. The van der Waals surface area contributed by atoms with Crippen molar-refractivity contribution in [3.8, 4) is 5.75 Å². The SMILES string of the molecule is O=[N+]([O-])c1cc(CS(=O)[O-])ccc1O. The molecule has 0 heterocycles. The van der Waals surface area contributed by atoms with Crippen LogP contribution in [0.5, 0.6) is 5.75 Å². The van der Waals surface area contributed by atoms with Crippen molar-refractivity contribution in [3.63, 3.8) is 0 Å². The first-order valence-electron chi connectivity index (χ1n) is 3.53. The summed E-state index contributed by atoms with van der Waals surface area (Å²) >= 11 is -2.30. The molecule has 0 saturated carbocycles. The Morgan fingerprint density at radius 2 is 2.14 bits per heavy atom. The van der Waals surface area contributed by atoms with Crippen LogP contribution >= 0.6 is 0 Å². The highest BCUT2D eigenvalue weighted by Crippen LogP contribution is 2.26. The first-order chi connectivity index (χ1) is 6.50. The third-order valence-corrected chi connectivity index (χ3v) is 2.09. The molecule has 14 heavy (non-hydrogen) atoms. The van der Waals surface area contributed by atoms with Crippen LogP contribution in [-0.2, 0) is 16.8 Å². The monoisotopic (exact) mass is 216 g/mol. The highest BCUT2D eigenvalue weighted by molar-refractivity contribution is 7.78. The van der Waals surface area contributed by atoms with Crippen molar-refractivity contribution in [3.05, 3.63) is 33.9 Å². The molecule has 6 nitrogen and oxygen atoms in total. The molecule has 0 aliphatic rings. The van der Waals surface area contributed by atoms with Crippen LogP contribution in [0.1, 0.15) is 5.56 Å². The average Bonchev–Trinajstić information content (AvgIpc) is 2.07. The molecule has 1 atom stereocenters. The third kappa shape index (κ3) is 2.51. The van der Waals surface area contributed by atoms with Crippen LogP contribution in [0.3, 0.4) is 0 Å². The Labute approximate surface area is 81.6 Å². The molecule has 0 radical (unpaired) electrons. The Hall–Kier alpha value is -1.47. The smallest absolute Gasteiger partial charge is 0.310 e. The van der Waals surface area contributed by atoms with E-state index in [1.54, 1.807) is 0 Å². The topological polar surface area (TPSA) is 104 Å². The Kier molecular flexibility index (Phi) is 3.15. The molecule has 0 aliphatic heterocycles. The summed E-state index contributed by atoms with van der Waals surface area (Å²) in [4.78, 5) is 9.58. The lowest BCUT2D eigenvalue weighted by molar-refractivity contribution is -0.385. The van der Waals surface area contributed by atoms with Crippen molar-refractivity contribution >= 4 is 16.8 Å². The minimum absolute atomic E-state index is 0.267. The summed E-state index contributed by atoms with van der Waals surface area (Å²) in [6.45, 7) is 0. The first-order valence-corrected chi connectivity index (χ1v) is 4.77. The quantitative estimate of drug-likeness (QED) is 0.454. The van der Waals surface area contributed by atoms with E-state index in [1.165, 1.54) is 6.07 Å². The molecule has 1 N–H and O–H groups in total. The molecule has 0 bridgehead atoms. The molecule has 0 fully saturated rings. The molecule has 0 aromatic heterocycles. The number of aromatic hydroxyl groups is 1. The number of benzene rings is 1. The van der Waals surface area contributed by atoms with Gasteiger partial charge in [0.25, 0.3) is 0 Å². The van der Waals surface area contributed by atoms with Gasteiger partial charge in [-0.05, 0) is 11.6 Å². The van der Waals surface area contributed by atoms with Gasteiger partial charge in [0, 0.05) is 11.8 Å². The van der Waals surface area contributed by atoms with Gasteiger partial charge in [-0.25, -0.2) is 0 Å². The highest BCUT2D eigenvalue weighted by atomic mass is 32.2. The summed E-state index contributed by atoms with van der Waals surface area (Å²) in [5.41, 5.74) is -0.226. The van der Waals surface area contributed by atoms with Gasteiger partial charge < -0.3 is 9.66 Å². The average molecular weight is 216 g/mol. The zero-order valence-corrected chi connectivity index (χ0v) is 7.69. The van der Waals surface area contributed by atoms with Crippen molar-refractivity contribution in [2.24, 2.45) is 0 Å². The van der Waals surface area contributed by atoms with E-state index < -0.39 is 27.4 Å². The van der Waals surface area contributed by atoms with E-state index in [0.29, 0.717) is 0 Å². The Bertz CT molecular complexity index is 392. The molecule has 0 amide bonds. The summed E-state index contributed by atoms with van der Waals surface area (Å²) < 4.78 is 20.6. The maximum Gasteiger partial charge on any atom is 0.310 e. The standard InChI is InChI=1S/C7H7NO5S/c9-7-2-1-5(4-14(12)13)3-6(7)8(10)11/h1-3,9H,4H2,(H,12,13)/p-1.